The lowest BCUT2D eigenvalue weighted by Crippen LogP contribution is -2.52. The van der Waals surface area contributed by atoms with E-state index in [0.717, 1.165) is 23.3 Å². The predicted molar refractivity (Wildman–Crippen MR) is 156 cm³/mol. The molecule has 2 amide bonds. The molecule has 3 rings (SSSR count). The van der Waals surface area contributed by atoms with Crippen LogP contribution in [0.3, 0.4) is 0 Å². The summed E-state index contributed by atoms with van der Waals surface area (Å²) in [6.45, 7) is 6.28. The smallest absolute Gasteiger partial charge is 0.243 e. The molecule has 0 aliphatic heterocycles. The van der Waals surface area contributed by atoms with Gasteiger partial charge in [-0.05, 0) is 54.7 Å². The first-order chi connectivity index (χ1) is 17.8. The van der Waals surface area contributed by atoms with Gasteiger partial charge in [-0.3, -0.25) is 9.59 Å². The number of hydrogen-bond donors (Lipinski definition) is 1. The molecule has 0 heterocycles. The largest absolute Gasteiger partial charge is 0.352 e. The van der Waals surface area contributed by atoms with Gasteiger partial charge < -0.3 is 10.2 Å². The van der Waals surface area contributed by atoms with Crippen molar-refractivity contribution in [2.45, 2.75) is 58.0 Å². The second-order valence-corrected chi connectivity index (χ2v) is 11.0. The fourth-order valence-corrected chi connectivity index (χ4v) is 5.39. The molecule has 196 valence electrons. The van der Waals surface area contributed by atoms with Crippen molar-refractivity contribution in [2.75, 3.05) is 5.75 Å². The van der Waals surface area contributed by atoms with Crippen LogP contribution >= 0.6 is 35.0 Å². The summed E-state index contributed by atoms with van der Waals surface area (Å²) in [6, 6.07) is 22.5. The highest BCUT2D eigenvalue weighted by Crippen LogP contribution is 2.25. The van der Waals surface area contributed by atoms with Gasteiger partial charge >= 0.3 is 0 Å². The normalized spacial score (nSPS) is 12.6. The Bertz CT molecular complexity index is 1190. The van der Waals surface area contributed by atoms with Crippen LogP contribution in [0.4, 0.5) is 0 Å². The Morgan fingerprint density at radius 3 is 2.35 bits per heavy atom. The zero-order chi connectivity index (χ0) is 26.8. The van der Waals surface area contributed by atoms with Gasteiger partial charge in [0, 0.05) is 34.8 Å². The molecule has 0 aliphatic rings. The second kappa shape index (κ2) is 14.5. The van der Waals surface area contributed by atoms with E-state index in [2.05, 4.69) is 24.4 Å². The van der Waals surface area contributed by atoms with Crippen LogP contribution < -0.4 is 5.32 Å². The summed E-state index contributed by atoms with van der Waals surface area (Å²) in [5.41, 5.74) is 4.13. The molecule has 0 saturated carbocycles. The van der Waals surface area contributed by atoms with Crippen molar-refractivity contribution < 1.29 is 9.59 Å². The van der Waals surface area contributed by atoms with Crippen molar-refractivity contribution in [3.05, 3.63) is 105 Å². The zero-order valence-corrected chi connectivity index (χ0v) is 23.9. The number of aryl methyl sites for hydroxylation is 1. The van der Waals surface area contributed by atoms with E-state index in [1.807, 2.05) is 62.4 Å². The summed E-state index contributed by atoms with van der Waals surface area (Å²) < 4.78 is 0. The molecule has 0 spiro atoms. The molecule has 2 atom stereocenters. The minimum absolute atomic E-state index is 0.00252. The van der Waals surface area contributed by atoms with Gasteiger partial charge in [-0.25, -0.2) is 0 Å². The van der Waals surface area contributed by atoms with Crippen molar-refractivity contribution in [2.24, 2.45) is 0 Å². The third-order valence-electron chi connectivity index (χ3n) is 6.37. The quantitative estimate of drug-likeness (QED) is 0.259. The maximum Gasteiger partial charge on any atom is 0.243 e. The van der Waals surface area contributed by atoms with E-state index >= 15 is 0 Å². The van der Waals surface area contributed by atoms with Crippen molar-refractivity contribution in [1.82, 2.24) is 10.2 Å². The summed E-state index contributed by atoms with van der Waals surface area (Å²) in [7, 11) is 0. The van der Waals surface area contributed by atoms with Crippen LogP contribution in [0, 0.1) is 6.92 Å². The summed E-state index contributed by atoms with van der Waals surface area (Å²) in [4.78, 5) is 29.0. The SMILES string of the molecule is CC[C@@H](C)NC(=O)[C@@H](Cc1ccccc1)N(Cc1ccc(Cl)cc1Cl)C(=O)CSCc1ccccc1C. The number of rotatable bonds is 12. The molecular formula is C30H34Cl2N2O2S. The molecule has 37 heavy (non-hydrogen) atoms. The van der Waals surface area contributed by atoms with Gasteiger partial charge in [0.15, 0.2) is 0 Å². The van der Waals surface area contributed by atoms with E-state index in [9.17, 15) is 9.59 Å². The highest BCUT2D eigenvalue weighted by Gasteiger charge is 2.31. The molecule has 1 N–H and O–H groups in total. The summed E-state index contributed by atoms with van der Waals surface area (Å²) in [5.74, 6) is 0.697. The molecule has 7 heteroatoms. The number of carbonyl (C=O) groups excluding carboxylic acids is 2. The highest BCUT2D eigenvalue weighted by molar-refractivity contribution is 7.99. The van der Waals surface area contributed by atoms with Gasteiger partial charge in [0.1, 0.15) is 6.04 Å². The van der Waals surface area contributed by atoms with Gasteiger partial charge in [-0.15, -0.1) is 11.8 Å². The Kier molecular flexibility index (Phi) is 11.4. The van der Waals surface area contributed by atoms with E-state index in [0.29, 0.717) is 16.5 Å². The first kappa shape index (κ1) is 29.1. The Balaban J connectivity index is 1.89. The van der Waals surface area contributed by atoms with Crippen LogP contribution in [0.15, 0.2) is 72.8 Å². The molecule has 0 saturated heterocycles. The summed E-state index contributed by atoms with van der Waals surface area (Å²) >= 11 is 14.2. The van der Waals surface area contributed by atoms with Crippen LogP contribution in [0.2, 0.25) is 10.0 Å². The van der Waals surface area contributed by atoms with Crippen molar-refractivity contribution >= 4 is 46.8 Å². The van der Waals surface area contributed by atoms with E-state index in [4.69, 9.17) is 23.2 Å². The average Bonchev–Trinajstić information content (AvgIpc) is 2.88. The first-order valence-electron chi connectivity index (χ1n) is 12.5. The van der Waals surface area contributed by atoms with Crippen LogP contribution in [-0.4, -0.2) is 34.6 Å². The standard InChI is InChI=1S/C30H34Cl2N2O2S/c1-4-22(3)33-30(36)28(16-23-11-6-5-7-12-23)34(18-24-14-15-26(31)17-27(24)32)29(35)20-37-19-25-13-9-8-10-21(25)2/h5-15,17,22,28H,4,16,18-20H2,1-3H3,(H,33,36)/t22-,28-/m1/s1. The van der Waals surface area contributed by atoms with E-state index in [1.54, 1.807) is 28.8 Å². The Morgan fingerprint density at radius 1 is 0.973 bits per heavy atom. The van der Waals surface area contributed by atoms with Gasteiger partial charge in [0.2, 0.25) is 11.8 Å². The maximum atomic E-state index is 13.7. The molecular weight excluding hydrogens is 523 g/mol. The zero-order valence-electron chi connectivity index (χ0n) is 21.5. The van der Waals surface area contributed by atoms with Crippen LogP contribution in [0.1, 0.15) is 42.5 Å². The number of benzene rings is 3. The minimum Gasteiger partial charge on any atom is -0.352 e. The lowest BCUT2D eigenvalue weighted by Gasteiger charge is -2.32. The van der Waals surface area contributed by atoms with Gasteiger partial charge in [-0.2, -0.15) is 0 Å². The van der Waals surface area contributed by atoms with Crippen molar-refractivity contribution in [3.8, 4) is 0 Å². The number of carbonyl (C=O) groups is 2. The number of nitrogens with one attached hydrogen (secondary N) is 1. The molecule has 4 nitrogen and oxygen atoms in total. The van der Waals surface area contributed by atoms with Gasteiger partial charge in [0.05, 0.1) is 5.75 Å². The third-order valence-corrected chi connectivity index (χ3v) is 7.93. The second-order valence-electron chi connectivity index (χ2n) is 9.20. The Labute approximate surface area is 234 Å². The van der Waals surface area contributed by atoms with Crippen LogP contribution in [-0.2, 0) is 28.3 Å². The van der Waals surface area contributed by atoms with Gasteiger partial charge in [-0.1, -0.05) is 90.8 Å². The first-order valence-corrected chi connectivity index (χ1v) is 14.4. The molecule has 0 bridgehead atoms. The molecule has 3 aromatic rings. The number of hydrogen-bond acceptors (Lipinski definition) is 3. The summed E-state index contributed by atoms with van der Waals surface area (Å²) in [6.07, 6.45) is 1.20. The third kappa shape index (κ3) is 8.80. The Hall–Kier alpha value is -2.47. The minimum atomic E-state index is -0.685. The van der Waals surface area contributed by atoms with E-state index in [1.165, 1.54) is 11.1 Å². The fraction of sp³-hybridized carbons (Fsp3) is 0.333. The number of thioether (sulfide) groups is 1. The fourth-order valence-electron chi connectivity index (χ4n) is 3.93. The molecule has 0 aliphatic carbocycles. The highest BCUT2D eigenvalue weighted by atomic mass is 35.5. The molecule has 0 fully saturated rings. The van der Waals surface area contributed by atoms with E-state index < -0.39 is 6.04 Å². The molecule has 0 aromatic heterocycles. The average molecular weight is 558 g/mol. The molecule has 0 radical (unpaired) electrons. The summed E-state index contributed by atoms with van der Waals surface area (Å²) in [5, 5.41) is 4.09. The molecule has 0 unspecified atom stereocenters. The topological polar surface area (TPSA) is 49.4 Å². The van der Waals surface area contributed by atoms with Crippen molar-refractivity contribution in [1.29, 1.82) is 0 Å². The lowest BCUT2D eigenvalue weighted by atomic mass is 10.0. The number of halogens is 2. The Morgan fingerprint density at radius 2 is 1.68 bits per heavy atom. The monoisotopic (exact) mass is 556 g/mol. The maximum absolute atomic E-state index is 13.7. The number of nitrogens with zero attached hydrogens (tertiary/aromatic N) is 1. The number of amides is 2. The van der Waals surface area contributed by atoms with E-state index in [-0.39, 0.29) is 30.2 Å². The van der Waals surface area contributed by atoms with Crippen LogP contribution in [0.5, 0.6) is 0 Å². The van der Waals surface area contributed by atoms with Crippen molar-refractivity contribution in [3.63, 3.8) is 0 Å². The lowest BCUT2D eigenvalue weighted by molar-refractivity contribution is -0.139. The van der Waals surface area contributed by atoms with Gasteiger partial charge in [0.25, 0.3) is 0 Å². The van der Waals surface area contributed by atoms with Crippen LogP contribution in [0.25, 0.3) is 0 Å². The molecule has 3 aromatic carbocycles. The predicted octanol–water partition coefficient (Wildman–Crippen LogP) is 7.09.